The van der Waals surface area contributed by atoms with Crippen molar-refractivity contribution in [3.8, 4) is 0 Å². The maximum Gasteiger partial charge on any atom is 0.305 e. The van der Waals surface area contributed by atoms with Crippen LogP contribution in [0.1, 0.15) is 51.9 Å². The lowest BCUT2D eigenvalue weighted by atomic mass is 10.1. The highest BCUT2D eigenvalue weighted by atomic mass is 32.2. The van der Waals surface area contributed by atoms with Gasteiger partial charge in [0.15, 0.2) is 5.12 Å². The van der Waals surface area contributed by atoms with Crippen LogP contribution in [0.5, 0.6) is 0 Å². The van der Waals surface area contributed by atoms with Crippen LogP contribution in [0, 0.1) is 0 Å². The van der Waals surface area contributed by atoms with E-state index in [9.17, 15) is 9.59 Å². The van der Waals surface area contributed by atoms with E-state index in [1.807, 2.05) is 0 Å². The van der Waals surface area contributed by atoms with Crippen LogP contribution in [0.15, 0.2) is 0 Å². The molecule has 0 aliphatic heterocycles. The molecular weight excluding hydrogens is 224 g/mol. The van der Waals surface area contributed by atoms with Crippen LogP contribution in [0.25, 0.3) is 0 Å². The SMILES string of the molecule is COC(=O)CCCCCCCCSC(C)=O. The van der Waals surface area contributed by atoms with Gasteiger partial charge >= 0.3 is 5.97 Å². The molecule has 0 atom stereocenters. The number of unbranched alkanes of at least 4 members (excludes halogenated alkanes) is 5. The number of carbonyl (C=O) groups is 2. The van der Waals surface area contributed by atoms with Gasteiger partial charge in [-0.1, -0.05) is 37.4 Å². The Hall–Kier alpha value is -0.510. The number of hydrogen-bond acceptors (Lipinski definition) is 4. The number of carbonyl (C=O) groups excluding carboxylic acids is 2. The molecule has 0 aromatic heterocycles. The van der Waals surface area contributed by atoms with Gasteiger partial charge in [-0.25, -0.2) is 0 Å². The van der Waals surface area contributed by atoms with Crippen molar-refractivity contribution in [3.63, 3.8) is 0 Å². The molecule has 0 heterocycles. The minimum atomic E-state index is -0.113. The van der Waals surface area contributed by atoms with Crippen molar-refractivity contribution in [1.29, 1.82) is 0 Å². The summed E-state index contributed by atoms with van der Waals surface area (Å²) in [6, 6.07) is 0. The Kier molecular flexibility index (Phi) is 10.6. The van der Waals surface area contributed by atoms with Crippen LogP contribution in [0.4, 0.5) is 0 Å². The van der Waals surface area contributed by atoms with E-state index in [0.29, 0.717) is 6.42 Å². The number of rotatable bonds is 9. The summed E-state index contributed by atoms with van der Waals surface area (Å²) in [6.45, 7) is 1.61. The van der Waals surface area contributed by atoms with Gasteiger partial charge < -0.3 is 4.74 Å². The standard InChI is InChI=1S/C12H22O3S/c1-11(13)16-10-8-6-4-3-5-7-9-12(14)15-2/h3-10H2,1-2H3. The minimum Gasteiger partial charge on any atom is -0.469 e. The summed E-state index contributed by atoms with van der Waals surface area (Å²) in [5.74, 6) is 0.829. The van der Waals surface area contributed by atoms with Crippen molar-refractivity contribution >= 4 is 22.8 Å². The van der Waals surface area contributed by atoms with Crippen LogP contribution in [-0.2, 0) is 14.3 Å². The summed E-state index contributed by atoms with van der Waals surface area (Å²) >= 11 is 1.41. The number of methoxy groups -OCH3 is 1. The Balaban J connectivity index is 3.04. The Morgan fingerprint density at radius 3 is 2.12 bits per heavy atom. The summed E-state index contributed by atoms with van der Waals surface area (Å²) in [6.07, 6.45) is 7.21. The lowest BCUT2D eigenvalue weighted by Crippen LogP contribution is -1.99. The molecule has 0 aromatic rings. The van der Waals surface area contributed by atoms with Crippen LogP contribution in [-0.4, -0.2) is 23.9 Å². The first-order chi connectivity index (χ1) is 7.66. The predicted octanol–water partition coefficient (Wildman–Crippen LogP) is 3.17. The van der Waals surface area contributed by atoms with Crippen LogP contribution in [0.2, 0.25) is 0 Å². The Bertz CT molecular complexity index is 204. The normalized spacial score (nSPS) is 10.1. The lowest BCUT2D eigenvalue weighted by molar-refractivity contribution is -0.140. The quantitative estimate of drug-likeness (QED) is 0.463. The third-order valence-corrected chi connectivity index (χ3v) is 3.21. The summed E-state index contributed by atoms with van der Waals surface area (Å²) in [5, 5.41) is 0.207. The Labute approximate surface area is 102 Å². The van der Waals surface area contributed by atoms with Gasteiger partial charge in [0.2, 0.25) is 0 Å². The molecule has 16 heavy (non-hydrogen) atoms. The van der Waals surface area contributed by atoms with Crippen molar-refractivity contribution in [2.45, 2.75) is 51.9 Å². The number of ether oxygens (including phenoxy) is 1. The maximum absolute atomic E-state index is 10.8. The molecule has 4 heteroatoms. The zero-order valence-corrected chi connectivity index (χ0v) is 11.1. The molecule has 0 fully saturated rings. The number of hydrogen-bond donors (Lipinski definition) is 0. The molecule has 0 spiro atoms. The zero-order valence-electron chi connectivity index (χ0n) is 10.3. The second-order valence-corrected chi connectivity index (χ2v) is 5.06. The van der Waals surface area contributed by atoms with Gasteiger partial charge in [-0.05, 0) is 12.8 Å². The van der Waals surface area contributed by atoms with E-state index >= 15 is 0 Å². The van der Waals surface area contributed by atoms with E-state index in [0.717, 1.165) is 25.0 Å². The summed E-state index contributed by atoms with van der Waals surface area (Å²) in [4.78, 5) is 21.4. The Morgan fingerprint density at radius 2 is 1.56 bits per heavy atom. The first-order valence-electron chi connectivity index (χ1n) is 5.87. The highest BCUT2D eigenvalue weighted by molar-refractivity contribution is 8.13. The fraction of sp³-hybridized carbons (Fsp3) is 0.833. The molecule has 0 bridgehead atoms. The zero-order chi connectivity index (χ0) is 12.2. The van der Waals surface area contributed by atoms with Gasteiger partial charge in [0.25, 0.3) is 0 Å². The molecular formula is C12H22O3S. The van der Waals surface area contributed by atoms with Crippen molar-refractivity contribution < 1.29 is 14.3 Å². The van der Waals surface area contributed by atoms with Crippen molar-refractivity contribution in [2.75, 3.05) is 12.9 Å². The molecule has 0 saturated heterocycles. The van der Waals surface area contributed by atoms with Crippen molar-refractivity contribution in [1.82, 2.24) is 0 Å². The topological polar surface area (TPSA) is 43.4 Å². The van der Waals surface area contributed by atoms with Gasteiger partial charge in [0.1, 0.15) is 0 Å². The van der Waals surface area contributed by atoms with E-state index in [-0.39, 0.29) is 11.1 Å². The smallest absolute Gasteiger partial charge is 0.305 e. The molecule has 0 N–H and O–H groups in total. The van der Waals surface area contributed by atoms with Gasteiger partial charge in [-0.3, -0.25) is 9.59 Å². The average molecular weight is 246 g/mol. The molecule has 94 valence electrons. The Morgan fingerprint density at radius 1 is 1.00 bits per heavy atom. The third kappa shape index (κ3) is 11.6. The summed E-state index contributed by atoms with van der Waals surface area (Å²) in [7, 11) is 1.43. The average Bonchev–Trinajstić information content (AvgIpc) is 2.26. The number of thioether (sulfide) groups is 1. The molecule has 0 aliphatic rings. The van der Waals surface area contributed by atoms with Crippen LogP contribution in [0.3, 0.4) is 0 Å². The molecule has 3 nitrogen and oxygen atoms in total. The van der Waals surface area contributed by atoms with Crippen molar-refractivity contribution in [2.24, 2.45) is 0 Å². The molecule has 0 unspecified atom stereocenters. The fourth-order valence-corrected chi connectivity index (χ4v) is 2.03. The monoisotopic (exact) mass is 246 g/mol. The predicted molar refractivity (Wildman–Crippen MR) is 67.5 cm³/mol. The van der Waals surface area contributed by atoms with Crippen molar-refractivity contribution in [3.05, 3.63) is 0 Å². The molecule has 0 aliphatic carbocycles. The second-order valence-electron chi connectivity index (χ2n) is 3.79. The van der Waals surface area contributed by atoms with Crippen LogP contribution >= 0.6 is 11.8 Å². The first-order valence-corrected chi connectivity index (χ1v) is 6.85. The van der Waals surface area contributed by atoms with Gasteiger partial charge in [-0.2, -0.15) is 0 Å². The summed E-state index contributed by atoms with van der Waals surface area (Å²) in [5.41, 5.74) is 0. The van der Waals surface area contributed by atoms with E-state index < -0.39 is 0 Å². The third-order valence-electron chi connectivity index (χ3n) is 2.31. The summed E-state index contributed by atoms with van der Waals surface area (Å²) < 4.78 is 4.56. The van der Waals surface area contributed by atoms with Gasteiger partial charge in [0, 0.05) is 19.1 Å². The molecule has 0 aromatic carbocycles. The van der Waals surface area contributed by atoms with Gasteiger partial charge in [-0.15, -0.1) is 0 Å². The van der Waals surface area contributed by atoms with E-state index in [1.54, 1.807) is 6.92 Å². The van der Waals surface area contributed by atoms with E-state index in [2.05, 4.69) is 4.74 Å². The first kappa shape index (κ1) is 15.5. The van der Waals surface area contributed by atoms with E-state index in [4.69, 9.17) is 0 Å². The van der Waals surface area contributed by atoms with E-state index in [1.165, 1.54) is 38.1 Å². The highest BCUT2D eigenvalue weighted by Crippen LogP contribution is 2.11. The minimum absolute atomic E-state index is 0.113. The second kappa shape index (κ2) is 11.0. The molecule has 0 radical (unpaired) electrons. The fourth-order valence-electron chi connectivity index (χ4n) is 1.40. The molecule has 0 amide bonds. The molecule has 0 saturated carbocycles. The highest BCUT2D eigenvalue weighted by Gasteiger charge is 1.99. The largest absolute Gasteiger partial charge is 0.469 e. The lowest BCUT2D eigenvalue weighted by Gasteiger charge is -2.01. The number of esters is 1. The van der Waals surface area contributed by atoms with Gasteiger partial charge in [0.05, 0.1) is 7.11 Å². The maximum atomic E-state index is 10.8. The molecule has 0 rings (SSSR count). The van der Waals surface area contributed by atoms with Crippen LogP contribution < -0.4 is 0 Å².